The third kappa shape index (κ3) is 4.71. The first-order valence-corrected chi connectivity index (χ1v) is 8.36. The molecule has 1 heterocycles. The van der Waals surface area contributed by atoms with Gasteiger partial charge in [0.25, 0.3) is 0 Å². The fourth-order valence-corrected chi connectivity index (χ4v) is 2.71. The van der Waals surface area contributed by atoms with Crippen LogP contribution in [0.3, 0.4) is 0 Å². The molecule has 0 saturated carbocycles. The van der Waals surface area contributed by atoms with Gasteiger partial charge in [-0.3, -0.25) is 0 Å². The Balaban J connectivity index is 2.31. The number of benzene rings is 1. The fourth-order valence-electron chi connectivity index (χ4n) is 2.71. The van der Waals surface area contributed by atoms with Gasteiger partial charge in [-0.15, -0.1) is 0 Å². The number of aliphatic hydroxyl groups excluding tert-OH is 1. The number of hydrogen-bond acceptors (Lipinski definition) is 4. The molecule has 0 spiro atoms. The van der Waals surface area contributed by atoms with Crippen LogP contribution in [-0.2, 0) is 17.6 Å². The molecular weight excluding hydrogens is 292 g/mol. The molecule has 0 aliphatic carbocycles. The van der Waals surface area contributed by atoms with Gasteiger partial charge in [0.2, 0.25) is 0 Å². The van der Waals surface area contributed by atoms with Crippen LogP contribution >= 0.6 is 0 Å². The maximum absolute atomic E-state index is 12.4. The molecule has 0 fully saturated rings. The SMILES string of the molecule is CC(C)CCc1cc(C(=O)OC(C)(C)C)cc2c1CC(CO)O2. The molecule has 128 valence electrons. The molecule has 1 unspecified atom stereocenters. The average molecular weight is 320 g/mol. The number of hydrogen-bond donors (Lipinski definition) is 1. The molecule has 23 heavy (non-hydrogen) atoms. The maximum Gasteiger partial charge on any atom is 0.338 e. The van der Waals surface area contributed by atoms with E-state index in [0.717, 1.165) is 24.0 Å². The van der Waals surface area contributed by atoms with E-state index in [1.807, 2.05) is 26.8 Å². The van der Waals surface area contributed by atoms with Gasteiger partial charge in [0.1, 0.15) is 17.5 Å². The van der Waals surface area contributed by atoms with Gasteiger partial charge in [0.05, 0.1) is 12.2 Å². The molecule has 0 radical (unpaired) electrons. The van der Waals surface area contributed by atoms with Crippen LogP contribution in [0.5, 0.6) is 5.75 Å². The van der Waals surface area contributed by atoms with Crippen molar-refractivity contribution in [3.63, 3.8) is 0 Å². The molecule has 1 aromatic carbocycles. The van der Waals surface area contributed by atoms with Crippen LogP contribution in [0.25, 0.3) is 0 Å². The van der Waals surface area contributed by atoms with Gasteiger partial charge < -0.3 is 14.6 Å². The standard InChI is InChI=1S/C19H28O4/c1-12(2)6-7-13-8-14(18(21)23-19(3,4)5)9-17-16(13)10-15(11-20)22-17/h8-9,12,15,20H,6-7,10-11H2,1-5H3. The van der Waals surface area contributed by atoms with E-state index in [9.17, 15) is 9.90 Å². The first-order chi connectivity index (χ1) is 10.7. The molecule has 1 aliphatic rings. The first-order valence-electron chi connectivity index (χ1n) is 8.36. The Morgan fingerprint density at radius 3 is 2.65 bits per heavy atom. The smallest absolute Gasteiger partial charge is 0.338 e. The number of esters is 1. The zero-order valence-electron chi connectivity index (χ0n) is 14.8. The van der Waals surface area contributed by atoms with Gasteiger partial charge in [0, 0.05) is 12.0 Å². The van der Waals surface area contributed by atoms with Gasteiger partial charge >= 0.3 is 5.97 Å². The average Bonchev–Trinajstić information content (AvgIpc) is 2.85. The summed E-state index contributed by atoms with van der Waals surface area (Å²) in [6.07, 6.45) is 2.44. The number of fused-ring (bicyclic) bond motifs is 1. The summed E-state index contributed by atoms with van der Waals surface area (Å²) in [5.74, 6) is 0.972. The Labute approximate surface area is 138 Å². The monoisotopic (exact) mass is 320 g/mol. The van der Waals surface area contributed by atoms with Gasteiger partial charge in [-0.1, -0.05) is 13.8 Å². The Bertz CT molecular complexity index is 569. The minimum atomic E-state index is -0.525. The predicted molar refractivity (Wildman–Crippen MR) is 90.0 cm³/mol. The van der Waals surface area contributed by atoms with Crippen molar-refractivity contribution in [1.82, 2.24) is 0 Å². The lowest BCUT2D eigenvalue weighted by Crippen LogP contribution is -2.24. The number of rotatable bonds is 5. The molecular formula is C19H28O4. The molecule has 2 rings (SSSR count). The van der Waals surface area contributed by atoms with Crippen molar-refractivity contribution >= 4 is 5.97 Å². The highest BCUT2D eigenvalue weighted by atomic mass is 16.6. The first kappa shape index (κ1) is 17.8. The van der Waals surface area contributed by atoms with Gasteiger partial charge in [-0.05, 0) is 57.2 Å². The minimum absolute atomic E-state index is 0.0138. The lowest BCUT2D eigenvalue weighted by Gasteiger charge is -2.20. The quantitative estimate of drug-likeness (QED) is 0.843. The molecule has 1 aromatic rings. The van der Waals surface area contributed by atoms with E-state index in [4.69, 9.17) is 9.47 Å². The van der Waals surface area contributed by atoms with Gasteiger partial charge in [-0.25, -0.2) is 4.79 Å². The summed E-state index contributed by atoms with van der Waals surface area (Å²) in [6.45, 7) is 9.93. The minimum Gasteiger partial charge on any atom is -0.487 e. The van der Waals surface area contributed by atoms with E-state index in [2.05, 4.69) is 13.8 Å². The maximum atomic E-state index is 12.4. The van der Waals surface area contributed by atoms with E-state index in [1.54, 1.807) is 6.07 Å². The highest BCUT2D eigenvalue weighted by Crippen LogP contribution is 2.34. The second kappa shape index (κ2) is 6.91. The molecule has 1 aliphatic heterocycles. The summed E-state index contributed by atoms with van der Waals surface area (Å²) in [6, 6.07) is 3.68. The molecule has 1 atom stereocenters. The summed E-state index contributed by atoms with van der Waals surface area (Å²) < 4.78 is 11.2. The van der Waals surface area contributed by atoms with Crippen molar-refractivity contribution in [2.24, 2.45) is 5.92 Å². The molecule has 4 nitrogen and oxygen atoms in total. The fraction of sp³-hybridized carbons (Fsp3) is 0.632. The van der Waals surface area contributed by atoms with Crippen LogP contribution in [0.1, 0.15) is 62.5 Å². The van der Waals surface area contributed by atoms with E-state index < -0.39 is 5.60 Å². The van der Waals surface area contributed by atoms with E-state index >= 15 is 0 Å². The Morgan fingerprint density at radius 1 is 1.39 bits per heavy atom. The van der Waals surface area contributed by atoms with Crippen LogP contribution in [-0.4, -0.2) is 29.4 Å². The Morgan fingerprint density at radius 2 is 2.09 bits per heavy atom. The Kier molecular flexibility index (Phi) is 5.35. The van der Waals surface area contributed by atoms with Crippen molar-refractivity contribution < 1.29 is 19.4 Å². The molecule has 0 bridgehead atoms. The van der Waals surface area contributed by atoms with Gasteiger partial charge in [-0.2, -0.15) is 0 Å². The molecule has 0 amide bonds. The lowest BCUT2D eigenvalue weighted by atomic mass is 9.94. The second-order valence-electron chi connectivity index (χ2n) is 7.67. The third-order valence-electron chi connectivity index (χ3n) is 3.86. The largest absolute Gasteiger partial charge is 0.487 e. The van der Waals surface area contributed by atoms with Crippen molar-refractivity contribution in [2.45, 2.75) is 65.6 Å². The Hall–Kier alpha value is -1.55. The van der Waals surface area contributed by atoms with E-state index in [0.29, 0.717) is 23.7 Å². The topological polar surface area (TPSA) is 55.8 Å². The predicted octanol–water partition coefficient (Wildman–Crippen LogP) is 3.53. The van der Waals surface area contributed by atoms with Crippen LogP contribution in [0.2, 0.25) is 0 Å². The normalized spacial score (nSPS) is 17.1. The summed E-state index contributed by atoms with van der Waals surface area (Å²) in [7, 11) is 0. The van der Waals surface area contributed by atoms with Crippen LogP contribution in [0.15, 0.2) is 12.1 Å². The zero-order chi connectivity index (χ0) is 17.2. The lowest BCUT2D eigenvalue weighted by molar-refractivity contribution is 0.00689. The zero-order valence-corrected chi connectivity index (χ0v) is 14.8. The van der Waals surface area contributed by atoms with Crippen molar-refractivity contribution in [3.8, 4) is 5.75 Å². The van der Waals surface area contributed by atoms with Crippen molar-refractivity contribution in [2.75, 3.05) is 6.61 Å². The molecule has 4 heteroatoms. The molecule has 0 aromatic heterocycles. The summed E-state index contributed by atoms with van der Waals surface area (Å²) in [4.78, 5) is 12.4. The van der Waals surface area contributed by atoms with Gasteiger partial charge in [0.15, 0.2) is 0 Å². The number of carbonyl (C=O) groups is 1. The number of aliphatic hydroxyl groups is 1. The number of carbonyl (C=O) groups excluding carboxylic acids is 1. The number of aryl methyl sites for hydroxylation is 1. The molecule has 1 N–H and O–H groups in total. The van der Waals surface area contributed by atoms with Crippen LogP contribution in [0.4, 0.5) is 0 Å². The third-order valence-corrected chi connectivity index (χ3v) is 3.86. The highest BCUT2D eigenvalue weighted by Gasteiger charge is 2.28. The summed E-state index contributed by atoms with van der Waals surface area (Å²) in [5.41, 5.74) is 2.25. The highest BCUT2D eigenvalue weighted by molar-refractivity contribution is 5.90. The van der Waals surface area contributed by atoms with Crippen LogP contribution < -0.4 is 4.74 Å². The summed E-state index contributed by atoms with van der Waals surface area (Å²) >= 11 is 0. The molecule has 0 saturated heterocycles. The van der Waals surface area contributed by atoms with Crippen molar-refractivity contribution in [3.05, 3.63) is 28.8 Å². The van der Waals surface area contributed by atoms with Crippen LogP contribution in [0, 0.1) is 5.92 Å². The van der Waals surface area contributed by atoms with E-state index in [1.165, 1.54) is 0 Å². The number of ether oxygens (including phenoxy) is 2. The van der Waals surface area contributed by atoms with E-state index in [-0.39, 0.29) is 18.7 Å². The van der Waals surface area contributed by atoms with Crippen molar-refractivity contribution in [1.29, 1.82) is 0 Å². The second-order valence-corrected chi connectivity index (χ2v) is 7.67. The summed E-state index contributed by atoms with van der Waals surface area (Å²) in [5, 5.41) is 9.36.